The standard InChI is InChI=1S/C34H40N2O8S/c1-23(2)20-35(45(41,42)30-12-8-11-29(19-30)43-4)21-32(39)27(17-25-9-6-5-7-10-25)18-31(38)33-22-36(34(40)44-33)28-15-13-26(14-16-28)24(3)37/h5-16,19,23,27,32-33,39H,17-18,20-22H2,1-4H3/t27-,32-,33+/m1/s1. The van der Waals surface area contributed by atoms with E-state index in [4.69, 9.17) is 9.47 Å². The predicted molar refractivity (Wildman–Crippen MR) is 170 cm³/mol. The van der Waals surface area contributed by atoms with Gasteiger partial charge in [0.2, 0.25) is 10.0 Å². The number of methoxy groups -OCH3 is 1. The number of hydrogen-bond acceptors (Lipinski definition) is 8. The molecule has 11 heteroatoms. The summed E-state index contributed by atoms with van der Waals surface area (Å²) in [5, 5.41) is 11.6. The summed E-state index contributed by atoms with van der Waals surface area (Å²) in [7, 11) is -2.56. The van der Waals surface area contributed by atoms with Gasteiger partial charge in [0.1, 0.15) is 5.75 Å². The Morgan fingerprint density at radius 1 is 1.02 bits per heavy atom. The molecule has 1 fully saturated rings. The molecule has 4 rings (SSSR count). The average Bonchev–Trinajstić information content (AvgIpc) is 3.42. The molecule has 240 valence electrons. The van der Waals surface area contributed by atoms with Gasteiger partial charge >= 0.3 is 6.09 Å². The van der Waals surface area contributed by atoms with Crippen LogP contribution in [-0.4, -0.2) is 74.4 Å². The zero-order valence-electron chi connectivity index (χ0n) is 26.0. The number of aliphatic hydroxyl groups is 1. The SMILES string of the molecule is COc1cccc(S(=O)(=O)N(CC(C)C)C[C@@H](O)[C@@H](CC(=O)[C@@H]2CN(c3ccc(C(C)=O)cc3)C(=O)O2)Cc2ccccc2)c1. The molecule has 0 saturated carbocycles. The van der Waals surface area contributed by atoms with Crippen LogP contribution in [0.15, 0.2) is 83.8 Å². The van der Waals surface area contributed by atoms with E-state index in [1.54, 1.807) is 36.4 Å². The van der Waals surface area contributed by atoms with E-state index >= 15 is 0 Å². The van der Waals surface area contributed by atoms with Crippen LogP contribution in [0.4, 0.5) is 10.5 Å². The minimum Gasteiger partial charge on any atom is -0.497 e. The normalized spacial score (nSPS) is 16.5. The van der Waals surface area contributed by atoms with Crippen molar-refractivity contribution in [3.8, 4) is 5.75 Å². The molecule has 1 saturated heterocycles. The largest absolute Gasteiger partial charge is 0.497 e. The van der Waals surface area contributed by atoms with Crippen LogP contribution in [0.5, 0.6) is 5.75 Å². The highest BCUT2D eigenvalue weighted by Gasteiger charge is 2.39. The fraction of sp³-hybridized carbons (Fsp3) is 0.382. The lowest BCUT2D eigenvalue weighted by Gasteiger charge is -2.30. The third-order valence-electron chi connectivity index (χ3n) is 7.74. The van der Waals surface area contributed by atoms with Crippen molar-refractivity contribution in [2.24, 2.45) is 11.8 Å². The molecular weight excluding hydrogens is 596 g/mol. The highest BCUT2D eigenvalue weighted by atomic mass is 32.2. The summed E-state index contributed by atoms with van der Waals surface area (Å²) >= 11 is 0. The molecular formula is C34H40N2O8S. The van der Waals surface area contributed by atoms with Crippen LogP contribution in [0.2, 0.25) is 0 Å². The second-order valence-corrected chi connectivity index (χ2v) is 13.6. The maximum absolute atomic E-state index is 13.8. The molecule has 1 aliphatic rings. The van der Waals surface area contributed by atoms with Gasteiger partial charge in [-0.1, -0.05) is 50.2 Å². The number of Topliss-reactive ketones (excluding diaryl/α,β-unsaturated/α-hetero) is 2. The van der Waals surface area contributed by atoms with Gasteiger partial charge < -0.3 is 14.6 Å². The average molecular weight is 637 g/mol. The lowest BCUT2D eigenvalue weighted by Crippen LogP contribution is -2.43. The monoisotopic (exact) mass is 636 g/mol. The number of cyclic esters (lactones) is 1. The van der Waals surface area contributed by atoms with E-state index in [1.807, 2.05) is 44.2 Å². The number of carbonyl (C=O) groups is 3. The van der Waals surface area contributed by atoms with Crippen molar-refractivity contribution >= 4 is 33.4 Å². The smallest absolute Gasteiger partial charge is 0.415 e. The quantitative estimate of drug-likeness (QED) is 0.237. The Balaban J connectivity index is 1.54. The van der Waals surface area contributed by atoms with Crippen LogP contribution in [0.3, 0.4) is 0 Å². The number of anilines is 1. The van der Waals surface area contributed by atoms with E-state index in [2.05, 4.69) is 0 Å². The Morgan fingerprint density at radius 2 is 1.71 bits per heavy atom. The highest BCUT2D eigenvalue weighted by molar-refractivity contribution is 7.89. The first-order valence-corrected chi connectivity index (χ1v) is 16.3. The minimum atomic E-state index is -4.02. The number of sulfonamides is 1. The van der Waals surface area contributed by atoms with Crippen molar-refractivity contribution in [2.75, 3.05) is 31.6 Å². The molecule has 1 heterocycles. The van der Waals surface area contributed by atoms with E-state index in [0.717, 1.165) is 5.56 Å². The van der Waals surface area contributed by atoms with Crippen molar-refractivity contribution in [1.82, 2.24) is 4.31 Å². The molecule has 0 aliphatic carbocycles. The topological polar surface area (TPSA) is 131 Å². The minimum absolute atomic E-state index is 0.0189. The van der Waals surface area contributed by atoms with Crippen LogP contribution in [0.25, 0.3) is 0 Å². The summed E-state index contributed by atoms with van der Waals surface area (Å²) < 4.78 is 39.4. The van der Waals surface area contributed by atoms with E-state index in [1.165, 1.54) is 35.4 Å². The molecule has 0 aromatic heterocycles. The van der Waals surface area contributed by atoms with Gasteiger partial charge in [0.15, 0.2) is 17.7 Å². The number of carbonyl (C=O) groups excluding carboxylic acids is 3. The third-order valence-corrected chi connectivity index (χ3v) is 9.57. The zero-order valence-corrected chi connectivity index (χ0v) is 26.8. The fourth-order valence-electron chi connectivity index (χ4n) is 5.31. The molecule has 3 atom stereocenters. The Morgan fingerprint density at radius 3 is 2.33 bits per heavy atom. The van der Waals surface area contributed by atoms with Gasteiger partial charge in [-0.25, -0.2) is 13.2 Å². The number of hydrogen-bond donors (Lipinski definition) is 1. The van der Waals surface area contributed by atoms with Gasteiger partial charge in [-0.05, 0) is 67.1 Å². The van der Waals surface area contributed by atoms with Gasteiger partial charge in [0, 0.05) is 36.8 Å². The second-order valence-electron chi connectivity index (χ2n) is 11.7. The van der Waals surface area contributed by atoms with Gasteiger partial charge in [-0.2, -0.15) is 4.31 Å². The molecule has 0 bridgehead atoms. The zero-order chi connectivity index (χ0) is 32.7. The maximum Gasteiger partial charge on any atom is 0.415 e. The van der Waals surface area contributed by atoms with E-state index in [-0.39, 0.29) is 48.4 Å². The Labute approximate surface area is 264 Å². The Bertz CT molecular complexity index is 1590. The van der Waals surface area contributed by atoms with Crippen molar-refractivity contribution in [3.63, 3.8) is 0 Å². The van der Waals surface area contributed by atoms with Gasteiger partial charge in [-0.3, -0.25) is 14.5 Å². The van der Waals surface area contributed by atoms with Crippen molar-refractivity contribution in [3.05, 3.63) is 90.0 Å². The summed E-state index contributed by atoms with van der Waals surface area (Å²) in [6.45, 7) is 5.12. The summed E-state index contributed by atoms with van der Waals surface area (Å²) in [5.74, 6) is -0.802. The van der Waals surface area contributed by atoms with Crippen LogP contribution >= 0.6 is 0 Å². The molecule has 0 spiro atoms. The van der Waals surface area contributed by atoms with E-state index in [0.29, 0.717) is 23.4 Å². The molecule has 1 N–H and O–H groups in total. The summed E-state index contributed by atoms with van der Waals surface area (Å²) in [4.78, 5) is 39.3. The first kappa shape index (κ1) is 33.8. The maximum atomic E-state index is 13.8. The molecule has 0 radical (unpaired) electrons. The lowest BCUT2D eigenvalue weighted by molar-refractivity contribution is -0.127. The Kier molecular flexibility index (Phi) is 11.1. The first-order valence-electron chi connectivity index (χ1n) is 14.9. The first-order chi connectivity index (χ1) is 21.4. The van der Waals surface area contributed by atoms with Gasteiger partial charge in [0.05, 0.1) is 24.7 Å². The van der Waals surface area contributed by atoms with Gasteiger partial charge in [0.25, 0.3) is 0 Å². The van der Waals surface area contributed by atoms with Crippen molar-refractivity contribution in [1.29, 1.82) is 0 Å². The number of ether oxygens (including phenoxy) is 2. The van der Waals surface area contributed by atoms with Crippen LogP contribution in [0, 0.1) is 11.8 Å². The third kappa shape index (κ3) is 8.56. The molecule has 1 aliphatic heterocycles. The Hall–Kier alpha value is -4.06. The summed E-state index contributed by atoms with van der Waals surface area (Å²) in [5.41, 5.74) is 1.86. The summed E-state index contributed by atoms with van der Waals surface area (Å²) in [6.07, 6.45) is -2.79. The molecule has 1 amide bonds. The van der Waals surface area contributed by atoms with Crippen LogP contribution in [-0.2, 0) is 26.0 Å². The van der Waals surface area contributed by atoms with Crippen LogP contribution in [0.1, 0.15) is 43.1 Å². The van der Waals surface area contributed by atoms with E-state index in [9.17, 15) is 27.9 Å². The predicted octanol–water partition coefficient (Wildman–Crippen LogP) is 4.75. The number of nitrogens with zero attached hydrogens (tertiary/aromatic N) is 2. The number of rotatable bonds is 15. The second kappa shape index (κ2) is 14.8. The molecule has 3 aromatic rings. The molecule has 45 heavy (non-hydrogen) atoms. The van der Waals surface area contributed by atoms with Gasteiger partial charge in [-0.15, -0.1) is 0 Å². The highest BCUT2D eigenvalue weighted by Crippen LogP contribution is 2.28. The van der Waals surface area contributed by atoms with Crippen molar-refractivity contribution in [2.45, 2.75) is 50.7 Å². The van der Waals surface area contributed by atoms with E-state index < -0.39 is 34.2 Å². The van der Waals surface area contributed by atoms with Crippen molar-refractivity contribution < 1.29 is 37.4 Å². The van der Waals surface area contributed by atoms with Crippen LogP contribution < -0.4 is 9.64 Å². The molecule has 10 nitrogen and oxygen atoms in total. The summed E-state index contributed by atoms with van der Waals surface area (Å²) in [6, 6.07) is 22.0. The molecule has 3 aromatic carbocycles. The molecule has 0 unspecified atom stereocenters. The number of benzene rings is 3. The number of ketones is 2. The lowest BCUT2D eigenvalue weighted by atomic mass is 9.88. The fourth-order valence-corrected chi connectivity index (χ4v) is 6.97. The number of aliphatic hydroxyl groups excluding tert-OH is 1. The number of amides is 1.